The number of hydrogen-bond donors (Lipinski definition) is 2. The molecular formula is C17H33NO5S. The van der Waals surface area contributed by atoms with Gasteiger partial charge < -0.3 is 10.2 Å². The lowest BCUT2D eigenvalue weighted by Gasteiger charge is -2.20. The van der Waals surface area contributed by atoms with E-state index >= 15 is 0 Å². The van der Waals surface area contributed by atoms with E-state index in [-0.39, 0.29) is 12.5 Å². The Morgan fingerprint density at radius 3 is 2.25 bits per heavy atom. The minimum atomic E-state index is -3.25. The molecule has 0 rings (SSSR count). The van der Waals surface area contributed by atoms with Gasteiger partial charge in [-0.2, -0.15) is 0 Å². The summed E-state index contributed by atoms with van der Waals surface area (Å²) in [5.41, 5.74) is 0. The standard InChI is InChI=1S/C17H33NO5S/c1-3-4-7-11-16(19)12-10-15-18(24(2,22)23)14-9-6-5-8-13-17(20)21/h3,16,19H,1,4-15H2,2H3,(H,20,21). The number of carboxylic acids is 1. The number of aliphatic hydroxyl groups is 1. The van der Waals surface area contributed by atoms with Crippen LogP contribution in [0.1, 0.15) is 64.2 Å². The van der Waals surface area contributed by atoms with Crippen LogP contribution in [0.2, 0.25) is 0 Å². The van der Waals surface area contributed by atoms with E-state index in [1.807, 2.05) is 6.08 Å². The summed E-state index contributed by atoms with van der Waals surface area (Å²) < 4.78 is 25.1. The third kappa shape index (κ3) is 13.5. The number of sulfonamides is 1. The monoisotopic (exact) mass is 363 g/mol. The Balaban J connectivity index is 3.98. The molecular weight excluding hydrogens is 330 g/mol. The molecule has 0 aliphatic heterocycles. The van der Waals surface area contributed by atoms with Crippen LogP contribution in [0.3, 0.4) is 0 Å². The van der Waals surface area contributed by atoms with E-state index in [2.05, 4.69) is 6.58 Å². The minimum Gasteiger partial charge on any atom is -0.481 e. The molecule has 24 heavy (non-hydrogen) atoms. The van der Waals surface area contributed by atoms with Crippen molar-refractivity contribution in [2.45, 2.75) is 70.3 Å². The van der Waals surface area contributed by atoms with E-state index in [4.69, 9.17) is 5.11 Å². The van der Waals surface area contributed by atoms with Gasteiger partial charge in [0, 0.05) is 19.5 Å². The maximum absolute atomic E-state index is 11.8. The summed E-state index contributed by atoms with van der Waals surface area (Å²) in [5, 5.41) is 18.4. The van der Waals surface area contributed by atoms with E-state index in [1.54, 1.807) is 0 Å². The first kappa shape index (κ1) is 23.1. The number of aliphatic carboxylic acids is 1. The molecule has 0 fully saturated rings. The van der Waals surface area contributed by atoms with Crippen LogP contribution >= 0.6 is 0 Å². The number of allylic oxidation sites excluding steroid dienone is 1. The Labute approximate surface area is 146 Å². The van der Waals surface area contributed by atoms with Crippen molar-refractivity contribution in [1.29, 1.82) is 0 Å². The molecule has 0 aromatic rings. The van der Waals surface area contributed by atoms with Gasteiger partial charge in [0.2, 0.25) is 10.0 Å². The number of unbranched alkanes of at least 4 members (excludes halogenated alkanes) is 4. The molecule has 0 spiro atoms. The van der Waals surface area contributed by atoms with Crippen LogP contribution in [-0.2, 0) is 14.8 Å². The van der Waals surface area contributed by atoms with Gasteiger partial charge in [-0.1, -0.05) is 18.9 Å². The molecule has 0 aromatic heterocycles. The predicted molar refractivity (Wildman–Crippen MR) is 96.4 cm³/mol. The first-order valence-corrected chi connectivity index (χ1v) is 10.6. The van der Waals surface area contributed by atoms with E-state index in [9.17, 15) is 18.3 Å². The third-order valence-corrected chi connectivity index (χ3v) is 5.21. The molecule has 0 heterocycles. The normalized spacial score (nSPS) is 13.1. The molecule has 0 aliphatic rings. The van der Waals surface area contributed by atoms with E-state index < -0.39 is 16.0 Å². The number of nitrogens with zero attached hydrogens (tertiary/aromatic N) is 1. The molecule has 1 atom stereocenters. The van der Waals surface area contributed by atoms with Crippen LogP contribution in [0.25, 0.3) is 0 Å². The SMILES string of the molecule is C=CCCCC(O)CCCN(CCCCCCC(=O)O)S(C)(=O)=O. The second-order valence-electron chi connectivity index (χ2n) is 6.24. The van der Waals surface area contributed by atoms with Crippen molar-refractivity contribution in [3.05, 3.63) is 12.7 Å². The number of carbonyl (C=O) groups is 1. The average molecular weight is 364 g/mol. The molecule has 0 aliphatic carbocycles. The fourth-order valence-corrected chi connectivity index (χ4v) is 3.43. The number of carboxylic acid groups (broad SMARTS) is 1. The Bertz CT molecular complexity index is 450. The zero-order valence-electron chi connectivity index (χ0n) is 14.8. The van der Waals surface area contributed by atoms with Crippen molar-refractivity contribution in [3.8, 4) is 0 Å². The van der Waals surface area contributed by atoms with Gasteiger partial charge in [0.25, 0.3) is 0 Å². The van der Waals surface area contributed by atoms with Crippen molar-refractivity contribution in [1.82, 2.24) is 4.31 Å². The molecule has 0 saturated carbocycles. The van der Waals surface area contributed by atoms with Gasteiger partial charge in [-0.25, -0.2) is 12.7 Å². The van der Waals surface area contributed by atoms with Crippen molar-refractivity contribution in [2.24, 2.45) is 0 Å². The molecule has 0 radical (unpaired) electrons. The molecule has 1 unspecified atom stereocenters. The Morgan fingerprint density at radius 1 is 1.08 bits per heavy atom. The Morgan fingerprint density at radius 2 is 1.67 bits per heavy atom. The average Bonchev–Trinajstić information content (AvgIpc) is 2.47. The van der Waals surface area contributed by atoms with Crippen molar-refractivity contribution in [3.63, 3.8) is 0 Å². The van der Waals surface area contributed by atoms with Crippen LogP contribution in [0.5, 0.6) is 0 Å². The predicted octanol–water partition coefficient (Wildman–Crippen LogP) is 2.78. The molecule has 2 N–H and O–H groups in total. The quantitative estimate of drug-likeness (QED) is 0.325. The van der Waals surface area contributed by atoms with Crippen molar-refractivity contribution in [2.75, 3.05) is 19.3 Å². The molecule has 7 heteroatoms. The summed E-state index contributed by atoms with van der Waals surface area (Å²) in [7, 11) is -3.25. The second kappa shape index (κ2) is 13.4. The van der Waals surface area contributed by atoms with Gasteiger partial charge in [0.05, 0.1) is 12.4 Å². The summed E-state index contributed by atoms with van der Waals surface area (Å²) in [6, 6.07) is 0. The van der Waals surface area contributed by atoms with Crippen LogP contribution in [0.4, 0.5) is 0 Å². The van der Waals surface area contributed by atoms with E-state index in [0.717, 1.165) is 32.1 Å². The first-order chi connectivity index (χ1) is 11.3. The highest BCUT2D eigenvalue weighted by Gasteiger charge is 2.16. The lowest BCUT2D eigenvalue weighted by Crippen LogP contribution is -2.32. The lowest BCUT2D eigenvalue weighted by molar-refractivity contribution is -0.137. The summed E-state index contributed by atoms with van der Waals surface area (Å²) in [6.45, 7) is 4.52. The molecule has 0 amide bonds. The first-order valence-electron chi connectivity index (χ1n) is 8.73. The summed E-state index contributed by atoms with van der Waals surface area (Å²) >= 11 is 0. The van der Waals surface area contributed by atoms with Gasteiger partial charge in [-0.3, -0.25) is 4.79 Å². The number of rotatable bonds is 16. The molecule has 0 saturated heterocycles. The largest absolute Gasteiger partial charge is 0.481 e. The Hall–Kier alpha value is -0.920. The van der Waals surface area contributed by atoms with Crippen LogP contribution < -0.4 is 0 Å². The highest BCUT2D eigenvalue weighted by atomic mass is 32.2. The van der Waals surface area contributed by atoms with E-state index in [0.29, 0.717) is 38.8 Å². The lowest BCUT2D eigenvalue weighted by atomic mass is 10.1. The topological polar surface area (TPSA) is 94.9 Å². The van der Waals surface area contributed by atoms with Gasteiger partial charge >= 0.3 is 5.97 Å². The van der Waals surface area contributed by atoms with Crippen LogP contribution in [0.15, 0.2) is 12.7 Å². The van der Waals surface area contributed by atoms with Gasteiger partial charge in [0.1, 0.15) is 0 Å². The van der Waals surface area contributed by atoms with Gasteiger partial charge in [0.15, 0.2) is 0 Å². The second-order valence-corrected chi connectivity index (χ2v) is 8.22. The maximum Gasteiger partial charge on any atom is 0.303 e. The maximum atomic E-state index is 11.8. The molecule has 6 nitrogen and oxygen atoms in total. The zero-order valence-corrected chi connectivity index (χ0v) is 15.6. The third-order valence-electron chi connectivity index (χ3n) is 3.91. The summed E-state index contributed by atoms with van der Waals surface area (Å²) in [4.78, 5) is 10.4. The van der Waals surface area contributed by atoms with Crippen LogP contribution in [-0.4, -0.2) is 54.4 Å². The smallest absolute Gasteiger partial charge is 0.303 e. The summed E-state index contributed by atoms with van der Waals surface area (Å²) in [5.74, 6) is -0.792. The number of hydrogen-bond acceptors (Lipinski definition) is 4. The molecule has 142 valence electrons. The van der Waals surface area contributed by atoms with Crippen molar-refractivity contribution < 1.29 is 23.4 Å². The molecule has 0 aromatic carbocycles. The number of aliphatic hydroxyl groups excluding tert-OH is 1. The van der Waals surface area contributed by atoms with Gasteiger partial charge in [-0.15, -0.1) is 6.58 Å². The minimum absolute atomic E-state index is 0.166. The summed E-state index contributed by atoms with van der Waals surface area (Å²) in [6.07, 6.45) is 9.53. The fraction of sp³-hybridized carbons (Fsp3) is 0.824. The Kier molecular flexibility index (Phi) is 12.9. The zero-order chi connectivity index (χ0) is 18.4. The fourth-order valence-electron chi connectivity index (χ4n) is 2.51. The van der Waals surface area contributed by atoms with Gasteiger partial charge in [-0.05, 0) is 44.9 Å². The highest BCUT2D eigenvalue weighted by Crippen LogP contribution is 2.11. The highest BCUT2D eigenvalue weighted by molar-refractivity contribution is 7.88. The van der Waals surface area contributed by atoms with E-state index in [1.165, 1.54) is 10.6 Å². The van der Waals surface area contributed by atoms with Crippen LogP contribution in [0, 0.1) is 0 Å². The van der Waals surface area contributed by atoms with Crippen molar-refractivity contribution >= 4 is 16.0 Å². The molecule has 0 bridgehead atoms.